The van der Waals surface area contributed by atoms with E-state index in [1.54, 1.807) is 13.1 Å². The Balaban J connectivity index is 1.61. The second-order valence-electron chi connectivity index (χ2n) is 8.33. The lowest BCUT2D eigenvalue weighted by molar-refractivity contribution is 0.476. The Morgan fingerprint density at radius 2 is 2.00 bits per heavy atom. The van der Waals surface area contributed by atoms with Crippen LogP contribution in [0.4, 0.5) is 8.78 Å². The number of rotatable bonds is 2. The first-order chi connectivity index (χ1) is 15.0. The van der Waals surface area contributed by atoms with Crippen LogP contribution in [-0.2, 0) is 0 Å². The highest BCUT2D eigenvalue weighted by Crippen LogP contribution is 2.56. The summed E-state index contributed by atoms with van der Waals surface area (Å²) in [4.78, 5) is 9.07. The Hall–Kier alpha value is -3.50. The van der Waals surface area contributed by atoms with E-state index in [0.29, 0.717) is 39.9 Å². The number of fused-ring (bicyclic) bond motifs is 3. The van der Waals surface area contributed by atoms with Gasteiger partial charge in [0.25, 0.3) is 0 Å². The summed E-state index contributed by atoms with van der Waals surface area (Å²) >= 11 is 0. The number of aromatic hydroxyl groups is 1. The topological polar surface area (TPSA) is 62.5 Å². The summed E-state index contributed by atoms with van der Waals surface area (Å²) in [5, 5.41) is 14.4. The predicted molar refractivity (Wildman–Crippen MR) is 113 cm³/mol. The number of phenols is 1. The molecule has 7 heteroatoms. The van der Waals surface area contributed by atoms with Crippen molar-refractivity contribution in [2.24, 2.45) is 11.8 Å². The SMILES string of the molecule is C#Cc1c(F)ccc2cc(O)cc(-c3ncc4c(C5C6CNC[C@@H]65)nc(C)n4c3F)c12. The van der Waals surface area contributed by atoms with Crippen molar-refractivity contribution >= 4 is 16.3 Å². The summed E-state index contributed by atoms with van der Waals surface area (Å²) in [7, 11) is 0. The van der Waals surface area contributed by atoms with Gasteiger partial charge in [-0.2, -0.15) is 4.39 Å². The highest BCUT2D eigenvalue weighted by Gasteiger charge is 2.55. The molecule has 1 aliphatic carbocycles. The quantitative estimate of drug-likeness (QED) is 0.489. The smallest absolute Gasteiger partial charge is 0.226 e. The van der Waals surface area contributed by atoms with Crippen LogP contribution in [0.3, 0.4) is 0 Å². The molecule has 2 N–H and O–H groups in total. The van der Waals surface area contributed by atoms with Crippen LogP contribution in [0.2, 0.25) is 0 Å². The van der Waals surface area contributed by atoms with Gasteiger partial charge in [0.2, 0.25) is 5.95 Å². The van der Waals surface area contributed by atoms with Gasteiger partial charge in [-0.3, -0.25) is 4.40 Å². The van der Waals surface area contributed by atoms with E-state index in [2.05, 4.69) is 21.2 Å². The molecule has 0 radical (unpaired) electrons. The lowest BCUT2D eigenvalue weighted by Gasteiger charge is -2.12. The van der Waals surface area contributed by atoms with Gasteiger partial charge >= 0.3 is 0 Å². The van der Waals surface area contributed by atoms with Crippen LogP contribution in [0, 0.1) is 42.9 Å². The molecule has 2 unspecified atom stereocenters. The summed E-state index contributed by atoms with van der Waals surface area (Å²) in [6, 6.07) is 5.58. The van der Waals surface area contributed by atoms with Crippen LogP contribution < -0.4 is 5.32 Å². The third kappa shape index (κ3) is 2.45. The lowest BCUT2D eigenvalue weighted by Crippen LogP contribution is -2.14. The van der Waals surface area contributed by atoms with E-state index in [1.165, 1.54) is 28.7 Å². The fourth-order valence-electron chi connectivity index (χ4n) is 5.23. The molecule has 3 heterocycles. The zero-order valence-electron chi connectivity index (χ0n) is 16.7. The molecule has 0 amide bonds. The number of aryl methyl sites for hydroxylation is 1. The van der Waals surface area contributed by atoms with Crippen LogP contribution >= 0.6 is 0 Å². The van der Waals surface area contributed by atoms with Crippen molar-refractivity contribution < 1.29 is 13.9 Å². The molecule has 31 heavy (non-hydrogen) atoms. The minimum absolute atomic E-state index is 0.00939. The second-order valence-corrected chi connectivity index (χ2v) is 8.33. The van der Waals surface area contributed by atoms with Gasteiger partial charge in [-0.1, -0.05) is 12.0 Å². The van der Waals surface area contributed by atoms with Crippen LogP contribution in [0.15, 0.2) is 30.5 Å². The van der Waals surface area contributed by atoms with Crippen LogP contribution in [0.5, 0.6) is 5.75 Å². The first-order valence-electron chi connectivity index (χ1n) is 10.2. The van der Waals surface area contributed by atoms with Gasteiger partial charge in [-0.05, 0) is 55.4 Å². The maximum Gasteiger partial charge on any atom is 0.226 e. The normalized spacial score (nSPS) is 22.1. The Bertz CT molecular complexity index is 1440. The van der Waals surface area contributed by atoms with E-state index in [0.717, 1.165) is 18.8 Å². The summed E-state index contributed by atoms with van der Waals surface area (Å²) in [5.41, 5.74) is 1.76. The maximum atomic E-state index is 15.8. The van der Waals surface area contributed by atoms with Gasteiger partial charge in [0, 0.05) is 16.9 Å². The fraction of sp³-hybridized carbons (Fsp3) is 0.250. The van der Waals surface area contributed by atoms with Crippen molar-refractivity contribution in [3.05, 3.63) is 59.3 Å². The number of benzene rings is 2. The number of terminal acetylenes is 1. The molecule has 0 spiro atoms. The van der Waals surface area contributed by atoms with Gasteiger partial charge in [-0.25, -0.2) is 14.4 Å². The van der Waals surface area contributed by atoms with Crippen LogP contribution in [0.1, 0.15) is 23.0 Å². The molecule has 3 atom stereocenters. The predicted octanol–water partition coefficient (Wildman–Crippen LogP) is 3.76. The Labute approximate surface area is 176 Å². The highest BCUT2D eigenvalue weighted by atomic mass is 19.1. The van der Waals surface area contributed by atoms with E-state index in [-0.39, 0.29) is 22.6 Å². The van der Waals surface area contributed by atoms with Gasteiger partial charge in [0.05, 0.1) is 23.0 Å². The van der Waals surface area contributed by atoms with Crippen molar-refractivity contribution in [3.8, 4) is 29.4 Å². The first-order valence-corrected chi connectivity index (χ1v) is 10.2. The maximum absolute atomic E-state index is 15.8. The van der Waals surface area contributed by atoms with Crippen LogP contribution in [0.25, 0.3) is 27.5 Å². The molecule has 2 aromatic carbocycles. The monoisotopic (exact) mass is 416 g/mol. The number of hydrogen-bond acceptors (Lipinski definition) is 4. The zero-order chi connectivity index (χ0) is 21.4. The number of halogens is 2. The number of aromatic nitrogens is 3. The number of imidazole rings is 1. The summed E-state index contributed by atoms with van der Waals surface area (Å²) < 4.78 is 31.7. The van der Waals surface area contributed by atoms with E-state index in [1.807, 2.05) is 0 Å². The van der Waals surface area contributed by atoms with Crippen molar-refractivity contribution in [2.45, 2.75) is 12.8 Å². The standard InChI is InChI=1S/C24H18F2N4O/c1-3-14-18(25)5-4-12-6-13(31)7-15(20(12)14)22-24(26)30-11(2)29-23(19(30)10-28-22)21-16-8-27-9-17(16)21/h1,4-7,10,16-17,21,27,31H,8-9H2,2H3/t16-,17?,21?/m0/s1. The van der Waals surface area contributed by atoms with Crippen LogP contribution in [-0.4, -0.2) is 32.6 Å². The molecular weight excluding hydrogens is 398 g/mol. The van der Waals surface area contributed by atoms with E-state index in [4.69, 9.17) is 6.42 Å². The average molecular weight is 416 g/mol. The molecular formula is C24H18F2N4O. The molecule has 1 saturated carbocycles. The van der Waals surface area contributed by atoms with Crippen molar-refractivity contribution in [1.82, 2.24) is 19.7 Å². The fourth-order valence-corrected chi connectivity index (χ4v) is 5.23. The molecule has 4 aromatic rings. The molecule has 1 saturated heterocycles. The van der Waals surface area contributed by atoms with Gasteiger partial charge < -0.3 is 10.4 Å². The third-order valence-corrected chi connectivity index (χ3v) is 6.68. The highest BCUT2D eigenvalue weighted by molar-refractivity contribution is 6.01. The summed E-state index contributed by atoms with van der Waals surface area (Å²) in [6.45, 7) is 3.67. The van der Waals surface area contributed by atoms with Gasteiger partial charge in [-0.15, -0.1) is 6.42 Å². The van der Waals surface area contributed by atoms with E-state index in [9.17, 15) is 9.50 Å². The second kappa shape index (κ2) is 6.25. The Morgan fingerprint density at radius 1 is 1.23 bits per heavy atom. The Kier molecular flexibility index (Phi) is 3.69. The number of piperidine rings is 1. The van der Waals surface area contributed by atoms with Crippen molar-refractivity contribution in [1.29, 1.82) is 0 Å². The van der Waals surface area contributed by atoms with Gasteiger partial charge in [0.1, 0.15) is 23.1 Å². The molecule has 2 aliphatic rings. The first kappa shape index (κ1) is 18.3. The minimum atomic E-state index is -0.614. The van der Waals surface area contributed by atoms with E-state index < -0.39 is 11.8 Å². The van der Waals surface area contributed by atoms with Crippen molar-refractivity contribution in [3.63, 3.8) is 0 Å². The number of nitrogens with one attached hydrogen (secondary N) is 1. The molecule has 6 rings (SSSR count). The minimum Gasteiger partial charge on any atom is -0.508 e. The molecule has 2 aromatic heterocycles. The molecule has 154 valence electrons. The third-order valence-electron chi connectivity index (χ3n) is 6.68. The number of phenolic OH excluding ortho intramolecular Hbond substituents is 1. The molecule has 5 nitrogen and oxygen atoms in total. The zero-order valence-corrected chi connectivity index (χ0v) is 16.7. The average Bonchev–Trinajstić information content (AvgIpc) is 3.07. The summed E-state index contributed by atoms with van der Waals surface area (Å²) in [5.74, 6) is 2.99. The molecule has 2 fully saturated rings. The molecule has 1 aliphatic heterocycles. The lowest BCUT2D eigenvalue weighted by atomic mass is 9.96. The number of hydrogen-bond donors (Lipinski definition) is 2. The molecule has 0 bridgehead atoms. The van der Waals surface area contributed by atoms with Gasteiger partial charge in [0.15, 0.2) is 0 Å². The largest absolute Gasteiger partial charge is 0.508 e. The Morgan fingerprint density at radius 3 is 2.74 bits per heavy atom. The summed E-state index contributed by atoms with van der Waals surface area (Å²) in [6.07, 6.45) is 7.17. The number of nitrogens with zero attached hydrogens (tertiary/aromatic N) is 3. The van der Waals surface area contributed by atoms with Crippen molar-refractivity contribution in [2.75, 3.05) is 13.1 Å². The van der Waals surface area contributed by atoms with E-state index >= 15 is 4.39 Å².